The highest BCUT2D eigenvalue weighted by Gasteiger charge is 2.32. The first kappa shape index (κ1) is 16.2. The normalized spacial score (nSPS) is 20.2. The van der Waals surface area contributed by atoms with Crippen LogP contribution in [-0.2, 0) is 14.6 Å². The maximum atomic E-state index is 12.2. The van der Waals surface area contributed by atoms with E-state index in [0.29, 0.717) is 6.42 Å². The van der Waals surface area contributed by atoms with Crippen LogP contribution in [-0.4, -0.2) is 56.7 Å². The van der Waals surface area contributed by atoms with E-state index in [0.717, 1.165) is 10.6 Å². The van der Waals surface area contributed by atoms with E-state index in [2.05, 4.69) is 0 Å². The molecule has 1 fully saturated rings. The SMILES string of the molecule is COc1ccccc1SCC(=O)N(C)[C@@H]1CCS(=O)(=O)C1. The van der Waals surface area contributed by atoms with Crippen LogP contribution in [0.1, 0.15) is 6.42 Å². The van der Waals surface area contributed by atoms with Gasteiger partial charge in [-0.05, 0) is 18.6 Å². The molecule has 21 heavy (non-hydrogen) atoms. The van der Waals surface area contributed by atoms with E-state index in [9.17, 15) is 13.2 Å². The smallest absolute Gasteiger partial charge is 0.232 e. The van der Waals surface area contributed by atoms with Crippen molar-refractivity contribution >= 4 is 27.5 Å². The molecule has 7 heteroatoms. The molecule has 0 N–H and O–H groups in total. The molecule has 0 unspecified atom stereocenters. The van der Waals surface area contributed by atoms with Crippen LogP contribution >= 0.6 is 11.8 Å². The van der Waals surface area contributed by atoms with Crippen molar-refractivity contribution in [3.8, 4) is 5.75 Å². The van der Waals surface area contributed by atoms with Crippen LogP contribution in [0, 0.1) is 0 Å². The van der Waals surface area contributed by atoms with Gasteiger partial charge in [-0.25, -0.2) is 8.42 Å². The Bertz CT molecular complexity index is 615. The zero-order valence-electron chi connectivity index (χ0n) is 12.1. The second kappa shape index (κ2) is 6.70. The molecule has 1 saturated heterocycles. The summed E-state index contributed by atoms with van der Waals surface area (Å²) in [6.45, 7) is 0. The van der Waals surface area contributed by atoms with Gasteiger partial charge in [0.25, 0.3) is 0 Å². The molecule has 0 aliphatic carbocycles. The molecular formula is C14H19NO4S2. The summed E-state index contributed by atoms with van der Waals surface area (Å²) in [5.41, 5.74) is 0. The molecule has 1 aromatic rings. The van der Waals surface area contributed by atoms with E-state index in [1.54, 1.807) is 19.1 Å². The summed E-state index contributed by atoms with van der Waals surface area (Å²) in [5.74, 6) is 1.20. The van der Waals surface area contributed by atoms with Crippen molar-refractivity contribution in [3.63, 3.8) is 0 Å². The highest BCUT2D eigenvalue weighted by atomic mass is 32.2. The number of amides is 1. The van der Waals surface area contributed by atoms with E-state index in [1.165, 1.54) is 11.8 Å². The number of carbonyl (C=O) groups excluding carboxylic acids is 1. The van der Waals surface area contributed by atoms with Crippen LogP contribution in [0.5, 0.6) is 5.75 Å². The highest BCUT2D eigenvalue weighted by Crippen LogP contribution is 2.29. The number of ether oxygens (including phenoxy) is 1. The molecule has 0 radical (unpaired) electrons. The Hall–Kier alpha value is -1.21. The van der Waals surface area contributed by atoms with Gasteiger partial charge in [-0.1, -0.05) is 12.1 Å². The standard InChI is InChI=1S/C14H19NO4S2/c1-15(11-7-8-21(17,18)10-11)14(16)9-20-13-6-4-3-5-12(13)19-2/h3-6,11H,7-10H2,1-2H3/t11-/m1/s1. The topological polar surface area (TPSA) is 63.7 Å². The van der Waals surface area contributed by atoms with Crippen molar-refractivity contribution in [3.05, 3.63) is 24.3 Å². The predicted molar refractivity (Wildman–Crippen MR) is 83.5 cm³/mol. The van der Waals surface area contributed by atoms with Gasteiger partial charge in [0, 0.05) is 18.0 Å². The first-order chi connectivity index (χ1) is 9.93. The maximum absolute atomic E-state index is 12.2. The van der Waals surface area contributed by atoms with Gasteiger partial charge in [0.05, 0.1) is 24.4 Å². The maximum Gasteiger partial charge on any atom is 0.232 e. The Labute approximate surface area is 129 Å². The molecule has 0 bridgehead atoms. The van der Waals surface area contributed by atoms with Crippen molar-refractivity contribution in [2.75, 3.05) is 31.4 Å². The largest absolute Gasteiger partial charge is 0.496 e. The molecule has 0 spiro atoms. The molecular weight excluding hydrogens is 310 g/mol. The van der Waals surface area contributed by atoms with E-state index < -0.39 is 9.84 Å². The molecule has 0 aromatic heterocycles. The fraction of sp³-hybridized carbons (Fsp3) is 0.500. The summed E-state index contributed by atoms with van der Waals surface area (Å²) in [6.07, 6.45) is 0.532. The summed E-state index contributed by atoms with van der Waals surface area (Å²) in [4.78, 5) is 14.6. The number of hydrogen-bond donors (Lipinski definition) is 0. The lowest BCUT2D eigenvalue weighted by atomic mass is 10.2. The van der Waals surface area contributed by atoms with Crippen LogP contribution in [0.2, 0.25) is 0 Å². The Morgan fingerprint density at radius 2 is 2.14 bits per heavy atom. The van der Waals surface area contributed by atoms with Gasteiger partial charge in [0.2, 0.25) is 5.91 Å². The number of carbonyl (C=O) groups is 1. The fourth-order valence-corrected chi connectivity index (χ4v) is 4.99. The molecule has 1 heterocycles. The van der Waals surface area contributed by atoms with Gasteiger partial charge < -0.3 is 9.64 Å². The monoisotopic (exact) mass is 329 g/mol. The van der Waals surface area contributed by atoms with Gasteiger partial charge in [-0.3, -0.25) is 4.79 Å². The van der Waals surface area contributed by atoms with Gasteiger partial charge in [-0.2, -0.15) is 0 Å². The number of para-hydroxylation sites is 1. The van der Waals surface area contributed by atoms with Crippen LogP contribution in [0.3, 0.4) is 0 Å². The number of methoxy groups -OCH3 is 1. The van der Waals surface area contributed by atoms with E-state index in [4.69, 9.17) is 4.74 Å². The minimum atomic E-state index is -2.97. The minimum absolute atomic E-state index is 0.0620. The first-order valence-corrected chi connectivity index (χ1v) is 9.45. The van der Waals surface area contributed by atoms with Gasteiger partial charge >= 0.3 is 0 Å². The summed E-state index contributed by atoms with van der Waals surface area (Å²) in [6, 6.07) is 7.32. The van der Waals surface area contributed by atoms with Crippen LogP contribution < -0.4 is 4.74 Å². The second-order valence-electron chi connectivity index (χ2n) is 5.00. The van der Waals surface area contributed by atoms with Gasteiger partial charge in [-0.15, -0.1) is 11.8 Å². The third kappa shape index (κ3) is 4.14. The predicted octanol–water partition coefficient (Wildman–Crippen LogP) is 1.43. The van der Waals surface area contributed by atoms with Crippen molar-refractivity contribution in [1.82, 2.24) is 4.90 Å². The van der Waals surface area contributed by atoms with Crippen molar-refractivity contribution < 1.29 is 17.9 Å². The second-order valence-corrected chi connectivity index (χ2v) is 8.25. The summed E-state index contributed by atoms with van der Waals surface area (Å²) in [7, 11) is 0.299. The Morgan fingerprint density at radius 1 is 1.43 bits per heavy atom. The Balaban J connectivity index is 1.93. The number of hydrogen-bond acceptors (Lipinski definition) is 5. The zero-order chi connectivity index (χ0) is 15.5. The Kier molecular flexibility index (Phi) is 5.16. The zero-order valence-corrected chi connectivity index (χ0v) is 13.7. The number of nitrogens with zero attached hydrogens (tertiary/aromatic N) is 1. The average molecular weight is 329 g/mol. The third-order valence-electron chi connectivity index (χ3n) is 3.57. The van der Waals surface area contributed by atoms with E-state index >= 15 is 0 Å². The number of benzene rings is 1. The number of sulfone groups is 1. The molecule has 1 atom stereocenters. The van der Waals surface area contributed by atoms with Crippen LogP contribution in [0.25, 0.3) is 0 Å². The van der Waals surface area contributed by atoms with E-state index in [-0.39, 0.29) is 29.2 Å². The molecule has 1 aromatic carbocycles. The quantitative estimate of drug-likeness (QED) is 0.765. The lowest BCUT2D eigenvalue weighted by Gasteiger charge is -2.23. The first-order valence-electron chi connectivity index (χ1n) is 6.65. The lowest BCUT2D eigenvalue weighted by Crippen LogP contribution is -2.38. The van der Waals surface area contributed by atoms with Gasteiger partial charge in [0.15, 0.2) is 9.84 Å². The summed E-state index contributed by atoms with van der Waals surface area (Å²) >= 11 is 1.40. The third-order valence-corrected chi connectivity index (χ3v) is 6.36. The summed E-state index contributed by atoms with van der Waals surface area (Å²) in [5, 5.41) is 0. The molecule has 2 rings (SSSR count). The molecule has 1 amide bonds. The van der Waals surface area contributed by atoms with Crippen LogP contribution in [0.4, 0.5) is 0 Å². The molecule has 0 saturated carbocycles. The van der Waals surface area contributed by atoms with Crippen LogP contribution in [0.15, 0.2) is 29.2 Å². The Morgan fingerprint density at radius 3 is 2.76 bits per heavy atom. The molecule has 116 valence electrons. The molecule has 1 aliphatic rings. The summed E-state index contributed by atoms with van der Waals surface area (Å²) < 4.78 is 28.2. The number of rotatable bonds is 5. The van der Waals surface area contributed by atoms with E-state index in [1.807, 2.05) is 24.3 Å². The molecule has 1 aliphatic heterocycles. The number of thioether (sulfide) groups is 1. The van der Waals surface area contributed by atoms with Crippen molar-refractivity contribution in [2.45, 2.75) is 17.4 Å². The minimum Gasteiger partial charge on any atom is -0.496 e. The van der Waals surface area contributed by atoms with Gasteiger partial charge in [0.1, 0.15) is 5.75 Å². The van der Waals surface area contributed by atoms with Crippen molar-refractivity contribution in [1.29, 1.82) is 0 Å². The van der Waals surface area contributed by atoms with Crippen molar-refractivity contribution in [2.24, 2.45) is 0 Å². The highest BCUT2D eigenvalue weighted by molar-refractivity contribution is 8.00. The molecule has 5 nitrogen and oxygen atoms in total. The average Bonchev–Trinajstić information content (AvgIpc) is 2.84. The fourth-order valence-electron chi connectivity index (χ4n) is 2.26. The lowest BCUT2D eigenvalue weighted by molar-refractivity contribution is -0.128.